The molecule has 3 nitrogen and oxygen atoms in total. The molecular weight excluding hydrogens is 252 g/mol. The first-order chi connectivity index (χ1) is 8.57. The van der Waals surface area contributed by atoms with Gasteiger partial charge in [-0.15, -0.1) is 0 Å². The van der Waals surface area contributed by atoms with Gasteiger partial charge < -0.3 is 9.84 Å². The van der Waals surface area contributed by atoms with Crippen LogP contribution in [0.5, 0.6) is 0 Å². The van der Waals surface area contributed by atoms with E-state index < -0.39 is 11.0 Å². The van der Waals surface area contributed by atoms with E-state index in [1.807, 2.05) is 30.3 Å². The van der Waals surface area contributed by atoms with Crippen LogP contribution in [0.1, 0.15) is 12.0 Å². The Hall–Kier alpha value is -1.58. The Labute approximate surface area is 110 Å². The van der Waals surface area contributed by atoms with Crippen molar-refractivity contribution in [3.8, 4) is 0 Å². The van der Waals surface area contributed by atoms with E-state index in [1.54, 1.807) is 6.08 Å². The smallest absolute Gasteiger partial charge is 0.335 e. The van der Waals surface area contributed by atoms with Gasteiger partial charge in [0.1, 0.15) is 0 Å². The van der Waals surface area contributed by atoms with Crippen molar-refractivity contribution >= 4 is 23.1 Å². The summed E-state index contributed by atoms with van der Waals surface area (Å²) in [5.74, 6) is -1.06. The normalized spacial score (nSPS) is 23.2. The molecule has 1 atom stereocenters. The molecule has 1 aliphatic carbocycles. The largest absolute Gasteiger partial charge is 0.478 e. The number of methoxy groups -OCH3 is 1. The summed E-state index contributed by atoms with van der Waals surface area (Å²) < 4.78 is 5.18. The highest BCUT2D eigenvalue weighted by atomic mass is 35.5. The van der Waals surface area contributed by atoms with Crippen molar-refractivity contribution in [2.24, 2.45) is 0 Å². The summed E-state index contributed by atoms with van der Waals surface area (Å²) in [5.41, 5.74) is 2.03. The van der Waals surface area contributed by atoms with E-state index >= 15 is 0 Å². The van der Waals surface area contributed by atoms with Gasteiger partial charge in [0.05, 0.1) is 5.57 Å². The number of ether oxygens (including phenoxy) is 1. The maximum absolute atomic E-state index is 11.1. The number of benzene rings is 1. The van der Waals surface area contributed by atoms with Crippen LogP contribution in [-0.4, -0.2) is 23.2 Å². The van der Waals surface area contributed by atoms with Gasteiger partial charge in [-0.05, 0) is 17.2 Å². The summed E-state index contributed by atoms with van der Waals surface area (Å²) in [6, 6.07) is 9.69. The van der Waals surface area contributed by atoms with Crippen LogP contribution in [0.25, 0.3) is 5.57 Å². The van der Waals surface area contributed by atoms with Crippen molar-refractivity contribution in [3.63, 3.8) is 0 Å². The molecule has 18 heavy (non-hydrogen) atoms. The molecule has 0 aliphatic heterocycles. The minimum Gasteiger partial charge on any atom is -0.478 e. The number of alkyl halides is 1. The Morgan fingerprint density at radius 2 is 2.00 bits per heavy atom. The third-order valence-electron chi connectivity index (χ3n) is 2.97. The molecule has 0 heterocycles. The van der Waals surface area contributed by atoms with Crippen LogP contribution < -0.4 is 0 Å². The van der Waals surface area contributed by atoms with Gasteiger partial charge in [0.15, 0.2) is 5.06 Å². The molecule has 0 spiro atoms. The molecule has 1 aromatic carbocycles. The Balaban J connectivity index is 2.41. The number of rotatable bonds is 3. The molecule has 1 N–H and O–H groups in total. The fraction of sp³-hybridized carbons (Fsp3) is 0.214. The number of halogens is 1. The minimum atomic E-state index is -1.30. The Bertz CT molecular complexity index is 519. The topological polar surface area (TPSA) is 46.5 Å². The molecule has 0 bridgehead atoms. The minimum absolute atomic E-state index is 0.0614. The first-order valence-corrected chi connectivity index (χ1v) is 5.89. The van der Waals surface area contributed by atoms with E-state index in [2.05, 4.69) is 0 Å². The van der Waals surface area contributed by atoms with E-state index in [0.29, 0.717) is 6.42 Å². The summed E-state index contributed by atoms with van der Waals surface area (Å²) in [7, 11) is 1.41. The van der Waals surface area contributed by atoms with Crippen molar-refractivity contribution < 1.29 is 14.6 Å². The van der Waals surface area contributed by atoms with E-state index in [1.165, 1.54) is 13.2 Å². The van der Waals surface area contributed by atoms with Crippen molar-refractivity contribution in [2.75, 3.05) is 7.11 Å². The fourth-order valence-electron chi connectivity index (χ4n) is 1.97. The molecule has 1 unspecified atom stereocenters. The summed E-state index contributed by atoms with van der Waals surface area (Å²) in [6.07, 6.45) is 3.61. The molecule has 1 aromatic rings. The third-order valence-corrected chi connectivity index (χ3v) is 3.46. The lowest BCUT2D eigenvalue weighted by molar-refractivity contribution is -0.134. The summed E-state index contributed by atoms with van der Waals surface area (Å²) in [6.45, 7) is 0. The Morgan fingerprint density at radius 3 is 2.56 bits per heavy atom. The van der Waals surface area contributed by atoms with Crippen LogP contribution in [0.15, 0.2) is 48.1 Å². The molecule has 0 amide bonds. The Kier molecular flexibility index (Phi) is 3.55. The summed E-state index contributed by atoms with van der Waals surface area (Å²) in [4.78, 5) is 11.1. The molecular formula is C14H13ClO3. The lowest BCUT2D eigenvalue weighted by atomic mass is 9.90. The highest BCUT2D eigenvalue weighted by Crippen LogP contribution is 2.39. The molecule has 0 aromatic heterocycles. The first kappa shape index (κ1) is 12.9. The van der Waals surface area contributed by atoms with Crippen molar-refractivity contribution in [1.29, 1.82) is 0 Å². The zero-order valence-corrected chi connectivity index (χ0v) is 10.6. The number of hydrogen-bond acceptors (Lipinski definition) is 2. The lowest BCUT2D eigenvalue weighted by Crippen LogP contribution is -2.33. The monoisotopic (exact) mass is 264 g/mol. The molecule has 2 rings (SSSR count). The molecule has 4 heteroatoms. The SMILES string of the molecule is COC1(Cl)CC(c2ccccc2)=CC=C1C(=O)O. The van der Waals surface area contributed by atoms with Crippen LogP contribution in [0, 0.1) is 0 Å². The molecule has 0 fully saturated rings. The van der Waals surface area contributed by atoms with Gasteiger partial charge in [-0.1, -0.05) is 48.0 Å². The lowest BCUT2D eigenvalue weighted by Gasteiger charge is -2.30. The van der Waals surface area contributed by atoms with Gasteiger partial charge in [-0.25, -0.2) is 4.79 Å². The number of allylic oxidation sites excluding steroid dienone is 2. The second-order valence-electron chi connectivity index (χ2n) is 4.05. The van der Waals surface area contributed by atoms with Crippen LogP contribution >= 0.6 is 11.6 Å². The van der Waals surface area contributed by atoms with Gasteiger partial charge >= 0.3 is 5.97 Å². The van der Waals surface area contributed by atoms with Crippen molar-refractivity contribution in [2.45, 2.75) is 11.5 Å². The first-order valence-electron chi connectivity index (χ1n) is 5.51. The van der Waals surface area contributed by atoms with Crippen LogP contribution in [0.2, 0.25) is 0 Å². The third kappa shape index (κ3) is 2.33. The molecule has 1 aliphatic rings. The number of carbonyl (C=O) groups is 1. The van der Waals surface area contributed by atoms with Gasteiger partial charge in [-0.2, -0.15) is 0 Å². The predicted octanol–water partition coefficient (Wildman–Crippen LogP) is 3.07. The highest BCUT2D eigenvalue weighted by molar-refractivity contribution is 6.28. The van der Waals surface area contributed by atoms with E-state index in [9.17, 15) is 4.79 Å². The summed E-state index contributed by atoms with van der Waals surface area (Å²) >= 11 is 6.25. The molecule has 0 saturated carbocycles. The molecule has 0 saturated heterocycles. The van der Waals surface area contributed by atoms with Gasteiger partial charge in [0.2, 0.25) is 0 Å². The standard InChI is InChI=1S/C14H13ClO3/c1-18-14(15)9-11(7-8-12(14)13(16)17)10-5-3-2-4-6-10/h2-8H,9H2,1H3,(H,16,17). The quantitative estimate of drug-likeness (QED) is 0.854. The second-order valence-corrected chi connectivity index (χ2v) is 4.66. The highest BCUT2D eigenvalue weighted by Gasteiger charge is 2.39. The average molecular weight is 265 g/mol. The molecule has 0 radical (unpaired) electrons. The van der Waals surface area contributed by atoms with Gasteiger partial charge in [-0.3, -0.25) is 0 Å². The van der Waals surface area contributed by atoms with Crippen molar-refractivity contribution in [1.82, 2.24) is 0 Å². The average Bonchev–Trinajstić information content (AvgIpc) is 2.39. The van der Waals surface area contributed by atoms with Crippen LogP contribution in [0.3, 0.4) is 0 Å². The van der Waals surface area contributed by atoms with E-state index in [4.69, 9.17) is 21.4 Å². The molecule has 94 valence electrons. The Morgan fingerprint density at radius 1 is 1.33 bits per heavy atom. The number of carboxylic acids is 1. The number of hydrogen-bond donors (Lipinski definition) is 1. The fourth-order valence-corrected chi connectivity index (χ4v) is 2.26. The maximum Gasteiger partial charge on any atom is 0.335 e. The van der Waals surface area contributed by atoms with Crippen LogP contribution in [-0.2, 0) is 9.53 Å². The van der Waals surface area contributed by atoms with Gasteiger partial charge in [0.25, 0.3) is 0 Å². The zero-order chi connectivity index (χ0) is 13.2. The number of aliphatic carboxylic acids is 1. The number of carboxylic acid groups (broad SMARTS) is 1. The summed E-state index contributed by atoms with van der Waals surface area (Å²) in [5, 5.41) is 7.80. The van der Waals surface area contributed by atoms with E-state index in [-0.39, 0.29) is 5.57 Å². The predicted molar refractivity (Wildman–Crippen MR) is 70.3 cm³/mol. The van der Waals surface area contributed by atoms with Gasteiger partial charge in [0, 0.05) is 13.5 Å². The van der Waals surface area contributed by atoms with E-state index in [0.717, 1.165) is 11.1 Å². The van der Waals surface area contributed by atoms with Crippen LogP contribution in [0.4, 0.5) is 0 Å². The zero-order valence-electron chi connectivity index (χ0n) is 9.89. The maximum atomic E-state index is 11.1. The van der Waals surface area contributed by atoms with Crippen molar-refractivity contribution in [3.05, 3.63) is 53.6 Å². The second kappa shape index (κ2) is 4.96.